The first-order chi connectivity index (χ1) is 14.0. The summed E-state index contributed by atoms with van der Waals surface area (Å²) < 4.78 is 21.8. The van der Waals surface area contributed by atoms with Crippen molar-refractivity contribution in [2.75, 3.05) is 6.61 Å². The number of aliphatic hydroxyl groups is 1. The average molecular weight is 400 g/mol. The predicted octanol–water partition coefficient (Wildman–Crippen LogP) is 2.01. The molecule has 7 nitrogen and oxygen atoms in total. The lowest BCUT2D eigenvalue weighted by Gasteiger charge is -2.38. The van der Waals surface area contributed by atoms with E-state index >= 15 is 0 Å². The van der Waals surface area contributed by atoms with Crippen molar-refractivity contribution in [1.82, 2.24) is 0 Å². The Morgan fingerprint density at radius 3 is 2.17 bits per heavy atom. The van der Waals surface area contributed by atoms with Crippen molar-refractivity contribution >= 4 is 11.9 Å². The van der Waals surface area contributed by atoms with Gasteiger partial charge in [-0.1, -0.05) is 60.7 Å². The van der Waals surface area contributed by atoms with Crippen LogP contribution in [0.15, 0.2) is 60.7 Å². The van der Waals surface area contributed by atoms with E-state index in [0.29, 0.717) is 0 Å². The highest BCUT2D eigenvalue weighted by atomic mass is 16.6. The number of carbonyl (C=O) groups is 2. The Morgan fingerprint density at radius 2 is 1.59 bits per heavy atom. The molecule has 2 aromatic carbocycles. The molecule has 0 aliphatic carbocycles. The number of benzene rings is 2. The molecule has 0 amide bonds. The molecule has 0 spiro atoms. The maximum Gasteiger partial charge on any atom is 0.338 e. The van der Waals surface area contributed by atoms with Crippen molar-refractivity contribution in [3.63, 3.8) is 0 Å². The molecule has 1 aliphatic heterocycles. The van der Waals surface area contributed by atoms with Crippen LogP contribution in [0.25, 0.3) is 0 Å². The number of rotatable bonds is 7. The Kier molecular flexibility index (Phi) is 7.35. The monoisotopic (exact) mass is 400 g/mol. The molecule has 0 radical (unpaired) electrons. The van der Waals surface area contributed by atoms with Crippen molar-refractivity contribution in [2.45, 2.75) is 44.6 Å². The van der Waals surface area contributed by atoms with E-state index in [1.54, 1.807) is 0 Å². The Hall–Kier alpha value is -2.74. The average Bonchev–Trinajstić information content (AvgIpc) is 2.73. The fourth-order valence-corrected chi connectivity index (χ4v) is 3.09. The van der Waals surface area contributed by atoms with E-state index in [-0.39, 0.29) is 19.8 Å². The lowest BCUT2D eigenvalue weighted by molar-refractivity contribution is -0.226. The standard InChI is InChI=1S/C22H24O7/c1-15(23)29-18-14-27-21(22(25)28-13-17-10-6-3-7-11-17)19(24)20(18)26-12-16-8-4-2-5-9-16/h2-11,18-21,24H,12-14H2,1H3/t18?,19-,20-,21?/m1/s1. The highest BCUT2D eigenvalue weighted by Crippen LogP contribution is 2.23. The molecule has 1 aliphatic rings. The molecule has 4 atom stereocenters. The Morgan fingerprint density at radius 1 is 1.00 bits per heavy atom. The summed E-state index contributed by atoms with van der Waals surface area (Å²) in [6.07, 6.45) is -4.34. The van der Waals surface area contributed by atoms with Crippen molar-refractivity contribution in [2.24, 2.45) is 0 Å². The molecule has 7 heteroatoms. The van der Waals surface area contributed by atoms with Crippen LogP contribution in [0.5, 0.6) is 0 Å². The largest absolute Gasteiger partial charge is 0.459 e. The van der Waals surface area contributed by atoms with E-state index in [1.807, 2.05) is 60.7 Å². The fraction of sp³-hybridized carbons (Fsp3) is 0.364. The SMILES string of the molecule is CC(=O)OC1COC(C(=O)OCc2ccccc2)[C@H](O)[C@@H]1OCc1ccccc1. The second-order valence-electron chi connectivity index (χ2n) is 6.75. The quantitative estimate of drug-likeness (QED) is 0.711. The molecule has 2 aromatic rings. The van der Waals surface area contributed by atoms with Gasteiger partial charge in [-0.2, -0.15) is 0 Å². The van der Waals surface area contributed by atoms with E-state index in [2.05, 4.69) is 0 Å². The minimum absolute atomic E-state index is 0.0646. The van der Waals surface area contributed by atoms with Gasteiger partial charge in [-0.05, 0) is 11.1 Å². The zero-order valence-electron chi connectivity index (χ0n) is 16.1. The summed E-state index contributed by atoms with van der Waals surface area (Å²) in [6, 6.07) is 18.6. The van der Waals surface area contributed by atoms with Crippen LogP contribution in [0.4, 0.5) is 0 Å². The topological polar surface area (TPSA) is 91.3 Å². The van der Waals surface area contributed by atoms with Gasteiger partial charge in [0.1, 0.15) is 18.8 Å². The van der Waals surface area contributed by atoms with E-state index in [9.17, 15) is 14.7 Å². The van der Waals surface area contributed by atoms with E-state index in [4.69, 9.17) is 18.9 Å². The minimum atomic E-state index is -1.35. The third-order valence-electron chi connectivity index (χ3n) is 4.51. The highest BCUT2D eigenvalue weighted by molar-refractivity contribution is 5.76. The number of ether oxygens (including phenoxy) is 4. The lowest BCUT2D eigenvalue weighted by atomic mass is 9.99. The summed E-state index contributed by atoms with van der Waals surface area (Å²) in [5.41, 5.74) is 1.71. The molecular formula is C22H24O7. The predicted molar refractivity (Wildman–Crippen MR) is 103 cm³/mol. The van der Waals surface area contributed by atoms with Crippen LogP contribution in [-0.4, -0.2) is 48.1 Å². The third kappa shape index (κ3) is 5.87. The van der Waals surface area contributed by atoms with Crippen LogP contribution in [0.2, 0.25) is 0 Å². The first-order valence-corrected chi connectivity index (χ1v) is 9.37. The zero-order valence-corrected chi connectivity index (χ0v) is 16.1. The molecule has 1 fully saturated rings. The fourth-order valence-electron chi connectivity index (χ4n) is 3.09. The number of hydrogen-bond donors (Lipinski definition) is 1. The molecule has 1 N–H and O–H groups in total. The van der Waals surface area contributed by atoms with Gasteiger partial charge >= 0.3 is 11.9 Å². The molecule has 2 unspecified atom stereocenters. The van der Waals surface area contributed by atoms with Gasteiger partial charge in [0.05, 0.1) is 13.2 Å². The van der Waals surface area contributed by atoms with Gasteiger partial charge in [0, 0.05) is 6.92 Å². The lowest BCUT2D eigenvalue weighted by Crippen LogP contribution is -2.58. The van der Waals surface area contributed by atoms with Crippen molar-refractivity contribution < 1.29 is 33.6 Å². The van der Waals surface area contributed by atoms with Gasteiger partial charge in [0.2, 0.25) is 0 Å². The van der Waals surface area contributed by atoms with Gasteiger partial charge in [-0.3, -0.25) is 4.79 Å². The Balaban J connectivity index is 1.64. The van der Waals surface area contributed by atoms with Crippen LogP contribution < -0.4 is 0 Å². The van der Waals surface area contributed by atoms with Crippen molar-refractivity contribution in [1.29, 1.82) is 0 Å². The molecule has 3 rings (SSSR count). The highest BCUT2D eigenvalue weighted by Gasteiger charge is 2.46. The van der Waals surface area contributed by atoms with E-state index in [1.165, 1.54) is 6.92 Å². The molecule has 154 valence electrons. The van der Waals surface area contributed by atoms with Crippen LogP contribution >= 0.6 is 0 Å². The smallest absolute Gasteiger partial charge is 0.338 e. The maximum absolute atomic E-state index is 12.5. The number of aliphatic hydroxyl groups excluding tert-OH is 1. The summed E-state index contributed by atoms with van der Waals surface area (Å²) in [6.45, 7) is 1.43. The van der Waals surface area contributed by atoms with Crippen molar-refractivity contribution in [3.8, 4) is 0 Å². The number of carbonyl (C=O) groups excluding carboxylic acids is 2. The summed E-state index contributed by atoms with van der Waals surface area (Å²) in [7, 11) is 0. The maximum atomic E-state index is 12.5. The Labute approximate surface area is 169 Å². The van der Waals surface area contributed by atoms with Gasteiger partial charge in [-0.25, -0.2) is 4.79 Å². The van der Waals surface area contributed by atoms with Crippen LogP contribution in [-0.2, 0) is 41.8 Å². The van der Waals surface area contributed by atoms with Crippen LogP contribution in [0, 0.1) is 0 Å². The van der Waals surface area contributed by atoms with Crippen molar-refractivity contribution in [3.05, 3.63) is 71.8 Å². The van der Waals surface area contributed by atoms with Gasteiger partial charge in [0.25, 0.3) is 0 Å². The molecule has 1 heterocycles. The first-order valence-electron chi connectivity index (χ1n) is 9.37. The summed E-state index contributed by atoms with van der Waals surface area (Å²) >= 11 is 0. The van der Waals surface area contributed by atoms with E-state index in [0.717, 1.165) is 11.1 Å². The second-order valence-corrected chi connectivity index (χ2v) is 6.75. The molecule has 0 aromatic heterocycles. The normalized spacial score (nSPS) is 23.9. The zero-order chi connectivity index (χ0) is 20.6. The van der Waals surface area contributed by atoms with Gasteiger partial charge in [0.15, 0.2) is 12.2 Å². The third-order valence-corrected chi connectivity index (χ3v) is 4.51. The Bertz CT molecular complexity index is 793. The molecule has 29 heavy (non-hydrogen) atoms. The van der Waals surface area contributed by atoms with Crippen LogP contribution in [0.3, 0.4) is 0 Å². The molecular weight excluding hydrogens is 376 g/mol. The number of esters is 2. The van der Waals surface area contributed by atoms with Gasteiger partial charge < -0.3 is 24.1 Å². The van der Waals surface area contributed by atoms with Gasteiger partial charge in [-0.15, -0.1) is 0 Å². The minimum Gasteiger partial charge on any atom is -0.459 e. The summed E-state index contributed by atoms with van der Waals surface area (Å²) in [4.78, 5) is 23.9. The van der Waals surface area contributed by atoms with E-state index < -0.39 is 36.4 Å². The molecule has 0 saturated carbocycles. The summed E-state index contributed by atoms with van der Waals surface area (Å²) in [5.74, 6) is -1.22. The molecule has 1 saturated heterocycles. The second kappa shape index (κ2) is 10.2. The number of hydrogen-bond acceptors (Lipinski definition) is 7. The van der Waals surface area contributed by atoms with Crippen LogP contribution in [0.1, 0.15) is 18.1 Å². The first kappa shape index (κ1) is 21.0. The molecule has 0 bridgehead atoms. The summed E-state index contributed by atoms with van der Waals surface area (Å²) in [5, 5.41) is 10.7.